The number of hydrogen-bond acceptors (Lipinski definition) is 3. The molecule has 1 aliphatic carbocycles. The van der Waals surface area contributed by atoms with E-state index in [0.29, 0.717) is 23.9 Å². The molecule has 2 unspecified atom stereocenters. The molecular formula is C14H30N2O2S. The van der Waals surface area contributed by atoms with Crippen molar-refractivity contribution in [2.45, 2.75) is 52.5 Å². The van der Waals surface area contributed by atoms with Gasteiger partial charge < -0.3 is 5.32 Å². The van der Waals surface area contributed by atoms with Crippen LogP contribution in [0.25, 0.3) is 0 Å². The number of nitrogens with one attached hydrogen (secondary N) is 1. The summed E-state index contributed by atoms with van der Waals surface area (Å²) < 4.78 is 24.8. The molecule has 0 aliphatic heterocycles. The molecule has 0 aromatic rings. The van der Waals surface area contributed by atoms with Crippen LogP contribution < -0.4 is 5.32 Å². The van der Waals surface area contributed by atoms with Gasteiger partial charge in [-0.15, -0.1) is 0 Å². The van der Waals surface area contributed by atoms with Crippen LogP contribution in [0.3, 0.4) is 0 Å². The van der Waals surface area contributed by atoms with Crippen molar-refractivity contribution in [3.8, 4) is 0 Å². The Morgan fingerprint density at radius 3 is 2.26 bits per heavy atom. The first-order chi connectivity index (χ1) is 8.64. The summed E-state index contributed by atoms with van der Waals surface area (Å²) in [4.78, 5) is 0. The molecule has 4 nitrogen and oxygen atoms in total. The molecule has 5 heteroatoms. The first kappa shape index (κ1) is 16.9. The highest BCUT2D eigenvalue weighted by Gasteiger charge is 2.33. The van der Waals surface area contributed by atoms with Gasteiger partial charge in [0.05, 0.1) is 5.75 Å². The molecule has 0 bridgehead atoms. The second kappa shape index (κ2) is 6.55. The lowest BCUT2D eigenvalue weighted by Gasteiger charge is -2.41. The molecule has 1 fully saturated rings. The molecule has 0 saturated heterocycles. The summed E-state index contributed by atoms with van der Waals surface area (Å²) >= 11 is 0. The van der Waals surface area contributed by atoms with Crippen molar-refractivity contribution in [2.24, 2.45) is 11.3 Å². The zero-order valence-electron chi connectivity index (χ0n) is 13.1. The lowest BCUT2D eigenvalue weighted by Crippen LogP contribution is -2.46. The Balaban J connectivity index is 2.51. The van der Waals surface area contributed by atoms with Gasteiger partial charge >= 0.3 is 0 Å². The number of rotatable bonds is 5. The van der Waals surface area contributed by atoms with Crippen molar-refractivity contribution >= 4 is 10.0 Å². The lowest BCUT2D eigenvalue weighted by molar-refractivity contribution is 0.132. The van der Waals surface area contributed by atoms with Gasteiger partial charge in [0.2, 0.25) is 10.0 Å². The van der Waals surface area contributed by atoms with Crippen LogP contribution in [-0.2, 0) is 10.0 Å². The van der Waals surface area contributed by atoms with Crippen molar-refractivity contribution in [1.29, 1.82) is 0 Å². The second-order valence-electron chi connectivity index (χ2n) is 6.92. The van der Waals surface area contributed by atoms with E-state index in [9.17, 15) is 8.42 Å². The SMILES string of the molecule is CN(C)S(=O)(=O)CCNC1CCCCC1C(C)(C)C. The van der Waals surface area contributed by atoms with Crippen LogP contribution in [0.4, 0.5) is 0 Å². The minimum Gasteiger partial charge on any atom is -0.313 e. The number of hydrogen-bond donors (Lipinski definition) is 1. The molecule has 0 spiro atoms. The monoisotopic (exact) mass is 290 g/mol. The molecule has 1 rings (SSSR count). The summed E-state index contributed by atoms with van der Waals surface area (Å²) in [6.07, 6.45) is 4.98. The van der Waals surface area contributed by atoms with E-state index in [0.717, 1.165) is 0 Å². The van der Waals surface area contributed by atoms with Gasteiger partial charge in [-0.3, -0.25) is 0 Å². The lowest BCUT2D eigenvalue weighted by atomic mass is 9.69. The summed E-state index contributed by atoms with van der Waals surface area (Å²) in [6, 6.07) is 0.464. The van der Waals surface area contributed by atoms with Gasteiger partial charge in [-0.25, -0.2) is 12.7 Å². The molecular weight excluding hydrogens is 260 g/mol. The minimum absolute atomic E-state index is 0.188. The Kier molecular flexibility index (Phi) is 5.83. The van der Waals surface area contributed by atoms with E-state index < -0.39 is 10.0 Å². The van der Waals surface area contributed by atoms with E-state index in [-0.39, 0.29) is 5.75 Å². The van der Waals surface area contributed by atoms with Crippen LogP contribution in [0, 0.1) is 11.3 Å². The molecule has 0 heterocycles. The summed E-state index contributed by atoms with van der Waals surface area (Å²) in [7, 11) is 0.101. The van der Waals surface area contributed by atoms with E-state index in [1.54, 1.807) is 14.1 Å². The number of nitrogens with zero attached hydrogens (tertiary/aromatic N) is 1. The first-order valence-corrected chi connectivity index (χ1v) is 8.89. The van der Waals surface area contributed by atoms with Crippen molar-refractivity contribution in [3.05, 3.63) is 0 Å². The molecule has 1 saturated carbocycles. The molecule has 1 N–H and O–H groups in total. The predicted molar refractivity (Wildman–Crippen MR) is 80.7 cm³/mol. The van der Waals surface area contributed by atoms with E-state index >= 15 is 0 Å². The molecule has 0 amide bonds. The van der Waals surface area contributed by atoms with Crippen molar-refractivity contribution in [2.75, 3.05) is 26.4 Å². The minimum atomic E-state index is -3.08. The summed E-state index contributed by atoms with van der Waals surface area (Å²) in [5.74, 6) is 0.830. The quantitative estimate of drug-likeness (QED) is 0.843. The average molecular weight is 290 g/mol. The third-order valence-electron chi connectivity index (χ3n) is 4.20. The van der Waals surface area contributed by atoms with Gasteiger partial charge in [-0.2, -0.15) is 0 Å². The zero-order valence-corrected chi connectivity index (χ0v) is 13.9. The third kappa shape index (κ3) is 5.04. The van der Waals surface area contributed by atoms with Gasteiger partial charge in [0.25, 0.3) is 0 Å². The summed E-state index contributed by atoms with van der Waals surface area (Å²) in [6.45, 7) is 7.41. The van der Waals surface area contributed by atoms with Gasteiger partial charge in [0, 0.05) is 26.7 Å². The molecule has 114 valence electrons. The van der Waals surface area contributed by atoms with E-state index in [2.05, 4.69) is 26.1 Å². The third-order valence-corrected chi connectivity index (χ3v) is 6.03. The van der Waals surface area contributed by atoms with Crippen LogP contribution in [0.15, 0.2) is 0 Å². The second-order valence-corrected chi connectivity index (χ2v) is 9.22. The van der Waals surface area contributed by atoms with E-state index in [1.807, 2.05) is 0 Å². The highest BCUT2D eigenvalue weighted by Crippen LogP contribution is 2.37. The topological polar surface area (TPSA) is 49.4 Å². The van der Waals surface area contributed by atoms with E-state index in [1.165, 1.54) is 30.0 Å². The maximum atomic E-state index is 11.7. The van der Waals surface area contributed by atoms with Gasteiger partial charge in [-0.05, 0) is 24.2 Å². The molecule has 0 radical (unpaired) electrons. The average Bonchev–Trinajstić information content (AvgIpc) is 2.27. The summed E-state index contributed by atoms with van der Waals surface area (Å²) in [5, 5.41) is 3.48. The fourth-order valence-electron chi connectivity index (χ4n) is 2.97. The van der Waals surface area contributed by atoms with Crippen LogP contribution in [0.1, 0.15) is 46.5 Å². The fraction of sp³-hybridized carbons (Fsp3) is 1.00. The highest BCUT2D eigenvalue weighted by atomic mass is 32.2. The number of sulfonamides is 1. The van der Waals surface area contributed by atoms with E-state index in [4.69, 9.17) is 0 Å². The van der Waals surface area contributed by atoms with Crippen LogP contribution in [-0.4, -0.2) is 45.2 Å². The normalized spacial score (nSPS) is 25.8. The Bertz CT molecular complexity index is 371. The molecule has 19 heavy (non-hydrogen) atoms. The van der Waals surface area contributed by atoms with Crippen LogP contribution in [0.2, 0.25) is 0 Å². The first-order valence-electron chi connectivity index (χ1n) is 7.28. The fourth-order valence-corrected chi connectivity index (χ4v) is 3.71. The maximum absolute atomic E-state index is 11.7. The Morgan fingerprint density at radius 2 is 1.74 bits per heavy atom. The van der Waals surface area contributed by atoms with Crippen molar-refractivity contribution in [3.63, 3.8) is 0 Å². The molecule has 0 aromatic heterocycles. The maximum Gasteiger partial charge on any atom is 0.214 e. The standard InChI is InChI=1S/C14H30N2O2S/c1-14(2,3)12-8-6-7-9-13(12)15-10-11-19(17,18)16(4)5/h12-13,15H,6-11H2,1-5H3. The molecule has 2 atom stereocenters. The molecule has 1 aliphatic rings. The smallest absolute Gasteiger partial charge is 0.214 e. The highest BCUT2D eigenvalue weighted by molar-refractivity contribution is 7.89. The Labute approximate surface area is 119 Å². The largest absolute Gasteiger partial charge is 0.313 e. The van der Waals surface area contributed by atoms with Gasteiger partial charge in [0.15, 0.2) is 0 Å². The van der Waals surface area contributed by atoms with Crippen molar-refractivity contribution < 1.29 is 8.42 Å². The Hall–Kier alpha value is -0.130. The van der Waals surface area contributed by atoms with Crippen molar-refractivity contribution in [1.82, 2.24) is 9.62 Å². The predicted octanol–water partition coefficient (Wildman–Crippen LogP) is 2.07. The molecule has 0 aromatic carbocycles. The van der Waals surface area contributed by atoms with Gasteiger partial charge in [-0.1, -0.05) is 33.6 Å². The Morgan fingerprint density at radius 1 is 1.16 bits per heavy atom. The van der Waals surface area contributed by atoms with Gasteiger partial charge in [0.1, 0.15) is 0 Å². The summed E-state index contributed by atoms with van der Waals surface area (Å²) in [5.41, 5.74) is 0.290. The van der Waals surface area contributed by atoms with Crippen LogP contribution >= 0.6 is 0 Å². The zero-order chi connectivity index (χ0) is 14.7. The van der Waals surface area contributed by atoms with Crippen LogP contribution in [0.5, 0.6) is 0 Å².